The molecule has 0 bridgehead atoms. The molecular weight excluding hydrogens is 182 g/mol. The van der Waals surface area contributed by atoms with Crippen LogP contribution in [0.1, 0.15) is 14.2 Å². The van der Waals surface area contributed by atoms with Crippen LogP contribution in [0.15, 0.2) is 12.4 Å². The number of hydrogen-bond donors (Lipinski definition) is 1. The van der Waals surface area contributed by atoms with E-state index in [0.29, 0.717) is 24.7 Å². The number of carbonyl (C=O) groups excluding carboxylic acids is 1. The Morgan fingerprint density at radius 3 is 2.79 bits per heavy atom. The van der Waals surface area contributed by atoms with Gasteiger partial charge in [0.2, 0.25) is 5.91 Å². The standard InChI is InChI=1S/C9H13N3O2.H2/c1-7-11-5-9(6-12-7)14-4-3-10-8(2)13;/h5-6H,3-4H2,1-2H3,(H,10,13);1H. The molecule has 1 heterocycles. The van der Waals surface area contributed by atoms with Crippen LogP contribution in [0.4, 0.5) is 0 Å². The number of aryl methyl sites for hydroxylation is 1. The number of aromatic nitrogens is 2. The highest BCUT2D eigenvalue weighted by molar-refractivity contribution is 5.72. The van der Waals surface area contributed by atoms with Gasteiger partial charge in [-0.2, -0.15) is 0 Å². The zero-order valence-electron chi connectivity index (χ0n) is 8.28. The van der Waals surface area contributed by atoms with Gasteiger partial charge in [0.1, 0.15) is 12.4 Å². The van der Waals surface area contributed by atoms with Crippen molar-refractivity contribution in [3.8, 4) is 5.75 Å². The predicted molar refractivity (Wildman–Crippen MR) is 53.1 cm³/mol. The van der Waals surface area contributed by atoms with E-state index in [0.717, 1.165) is 0 Å². The molecule has 1 amide bonds. The number of amides is 1. The zero-order chi connectivity index (χ0) is 10.4. The van der Waals surface area contributed by atoms with E-state index in [1.165, 1.54) is 6.92 Å². The van der Waals surface area contributed by atoms with Crippen molar-refractivity contribution in [1.82, 2.24) is 15.3 Å². The zero-order valence-corrected chi connectivity index (χ0v) is 8.28. The van der Waals surface area contributed by atoms with Gasteiger partial charge in [0.15, 0.2) is 5.75 Å². The maximum absolute atomic E-state index is 10.5. The molecule has 1 aromatic rings. The van der Waals surface area contributed by atoms with Crippen molar-refractivity contribution in [3.05, 3.63) is 18.2 Å². The molecule has 0 atom stereocenters. The first-order valence-corrected chi connectivity index (χ1v) is 4.34. The topological polar surface area (TPSA) is 64.1 Å². The molecule has 5 nitrogen and oxygen atoms in total. The fourth-order valence-corrected chi connectivity index (χ4v) is 0.851. The Morgan fingerprint density at radius 2 is 2.21 bits per heavy atom. The minimum absolute atomic E-state index is 0. The Hall–Kier alpha value is -1.65. The van der Waals surface area contributed by atoms with E-state index in [2.05, 4.69) is 15.3 Å². The second-order valence-electron chi connectivity index (χ2n) is 2.80. The van der Waals surface area contributed by atoms with Crippen LogP contribution >= 0.6 is 0 Å². The summed E-state index contributed by atoms with van der Waals surface area (Å²) in [6, 6.07) is 0. The Labute approximate surface area is 84.0 Å². The van der Waals surface area contributed by atoms with Crippen LogP contribution in [0, 0.1) is 6.92 Å². The Balaban J connectivity index is 0.00000196. The van der Waals surface area contributed by atoms with E-state index in [4.69, 9.17) is 4.74 Å². The van der Waals surface area contributed by atoms with E-state index in [1.54, 1.807) is 19.3 Å². The van der Waals surface area contributed by atoms with Crippen molar-refractivity contribution < 1.29 is 11.0 Å². The van der Waals surface area contributed by atoms with Gasteiger partial charge in [0, 0.05) is 8.35 Å². The number of carbonyl (C=O) groups is 1. The van der Waals surface area contributed by atoms with Crippen LogP contribution in [-0.4, -0.2) is 29.0 Å². The predicted octanol–water partition coefficient (Wildman–Crippen LogP) is 0.546. The summed E-state index contributed by atoms with van der Waals surface area (Å²) in [5, 5.41) is 2.62. The van der Waals surface area contributed by atoms with Crippen molar-refractivity contribution in [1.29, 1.82) is 0 Å². The lowest BCUT2D eigenvalue weighted by atomic mass is 10.5. The van der Waals surface area contributed by atoms with E-state index < -0.39 is 0 Å². The van der Waals surface area contributed by atoms with Crippen molar-refractivity contribution in [3.63, 3.8) is 0 Å². The third-order valence-electron chi connectivity index (χ3n) is 1.50. The van der Waals surface area contributed by atoms with Gasteiger partial charge in [-0.25, -0.2) is 9.97 Å². The molecule has 14 heavy (non-hydrogen) atoms. The fourth-order valence-electron chi connectivity index (χ4n) is 0.851. The maximum atomic E-state index is 10.5. The van der Waals surface area contributed by atoms with Crippen LogP contribution in [0.25, 0.3) is 0 Å². The molecule has 0 aliphatic heterocycles. The lowest BCUT2D eigenvalue weighted by Gasteiger charge is -2.05. The molecule has 5 heteroatoms. The van der Waals surface area contributed by atoms with Crippen molar-refractivity contribution in [2.24, 2.45) is 0 Å². The number of nitrogens with one attached hydrogen (secondary N) is 1. The lowest BCUT2D eigenvalue weighted by molar-refractivity contribution is -0.119. The molecule has 1 N–H and O–H groups in total. The van der Waals surface area contributed by atoms with Gasteiger partial charge in [0.05, 0.1) is 18.9 Å². The molecule has 0 radical (unpaired) electrons. The molecule has 0 unspecified atom stereocenters. The molecule has 1 rings (SSSR count). The summed E-state index contributed by atoms with van der Waals surface area (Å²) in [5.41, 5.74) is 0. The summed E-state index contributed by atoms with van der Waals surface area (Å²) < 4.78 is 5.27. The molecular formula is C9H15N3O2. The third kappa shape index (κ3) is 3.84. The van der Waals surface area contributed by atoms with Crippen LogP contribution in [0.2, 0.25) is 0 Å². The second kappa shape index (κ2) is 5.16. The van der Waals surface area contributed by atoms with Gasteiger partial charge in [-0.05, 0) is 6.92 Å². The molecule has 0 aliphatic carbocycles. The van der Waals surface area contributed by atoms with Gasteiger partial charge < -0.3 is 10.1 Å². The summed E-state index contributed by atoms with van der Waals surface area (Å²) in [4.78, 5) is 18.4. The summed E-state index contributed by atoms with van der Waals surface area (Å²) in [6.45, 7) is 4.19. The van der Waals surface area contributed by atoms with Gasteiger partial charge in [-0.1, -0.05) is 0 Å². The van der Waals surface area contributed by atoms with Gasteiger partial charge in [0.25, 0.3) is 0 Å². The number of hydrogen-bond acceptors (Lipinski definition) is 4. The highest BCUT2D eigenvalue weighted by Crippen LogP contribution is 2.04. The maximum Gasteiger partial charge on any atom is 0.216 e. The minimum atomic E-state index is -0.0613. The molecule has 0 aliphatic rings. The van der Waals surface area contributed by atoms with Crippen molar-refractivity contribution in [2.75, 3.05) is 13.2 Å². The minimum Gasteiger partial charge on any atom is -0.489 e. The van der Waals surface area contributed by atoms with E-state index in [9.17, 15) is 4.79 Å². The Bertz CT molecular complexity index is 303. The van der Waals surface area contributed by atoms with Gasteiger partial charge >= 0.3 is 0 Å². The van der Waals surface area contributed by atoms with Crippen LogP contribution in [0.5, 0.6) is 5.75 Å². The largest absolute Gasteiger partial charge is 0.489 e. The van der Waals surface area contributed by atoms with Crippen molar-refractivity contribution >= 4 is 5.91 Å². The van der Waals surface area contributed by atoms with Gasteiger partial charge in [-0.15, -0.1) is 0 Å². The number of ether oxygens (including phenoxy) is 1. The molecule has 1 aromatic heterocycles. The van der Waals surface area contributed by atoms with Crippen LogP contribution in [-0.2, 0) is 4.79 Å². The highest BCUT2D eigenvalue weighted by atomic mass is 16.5. The smallest absolute Gasteiger partial charge is 0.216 e. The van der Waals surface area contributed by atoms with Crippen molar-refractivity contribution in [2.45, 2.75) is 13.8 Å². The quantitative estimate of drug-likeness (QED) is 0.716. The van der Waals surface area contributed by atoms with E-state index in [-0.39, 0.29) is 7.33 Å². The average molecular weight is 197 g/mol. The lowest BCUT2D eigenvalue weighted by Crippen LogP contribution is -2.25. The summed E-state index contributed by atoms with van der Waals surface area (Å²) in [7, 11) is 0. The Kier molecular flexibility index (Phi) is 3.84. The monoisotopic (exact) mass is 197 g/mol. The first kappa shape index (κ1) is 10.4. The first-order valence-electron chi connectivity index (χ1n) is 4.34. The van der Waals surface area contributed by atoms with Gasteiger partial charge in [-0.3, -0.25) is 4.79 Å². The number of nitrogens with zero attached hydrogens (tertiary/aromatic N) is 2. The second-order valence-corrected chi connectivity index (χ2v) is 2.80. The molecule has 78 valence electrons. The molecule has 0 saturated heterocycles. The summed E-state index contributed by atoms with van der Waals surface area (Å²) in [6.07, 6.45) is 3.21. The normalized spacial score (nSPS) is 9.57. The molecule has 0 fully saturated rings. The fraction of sp³-hybridized carbons (Fsp3) is 0.444. The highest BCUT2D eigenvalue weighted by Gasteiger charge is 1.95. The SMILES string of the molecule is CC(=O)NCCOc1cnc(C)nc1.[HH]. The third-order valence-corrected chi connectivity index (χ3v) is 1.50. The molecule has 0 aromatic carbocycles. The Morgan fingerprint density at radius 1 is 1.57 bits per heavy atom. The average Bonchev–Trinajstić information content (AvgIpc) is 2.15. The first-order chi connectivity index (χ1) is 6.68. The van der Waals surface area contributed by atoms with Crippen LogP contribution < -0.4 is 10.1 Å². The summed E-state index contributed by atoms with van der Waals surface area (Å²) >= 11 is 0. The van der Waals surface area contributed by atoms with Crippen LogP contribution in [0.3, 0.4) is 0 Å². The van der Waals surface area contributed by atoms with E-state index >= 15 is 0 Å². The summed E-state index contributed by atoms with van der Waals surface area (Å²) in [5.74, 6) is 1.26. The van der Waals surface area contributed by atoms with E-state index in [1.807, 2.05) is 0 Å². The molecule has 0 saturated carbocycles. The number of rotatable bonds is 4. The molecule has 0 spiro atoms.